The van der Waals surface area contributed by atoms with Gasteiger partial charge in [0.1, 0.15) is 5.82 Å². The molecule has 16 heavy (non-hydrogen) atoms. The van der Waals surface area contributed by atoms with Crippen LogP contribution in [0.4, 0.5) is 4.39 Å². The fraction of sp³-hybridized carbons (Fsp3) is 0.182. The standard InChI is InChI=1S/C11H9FN2O2/c1-7(15)11-13-10(14-16-11)6-8-2-4-9(12)5-3-8/h2-5H,6H2,1H3. The Labute approximate surface area is 91.1 Å². The van der Waals surface area contributed by atoms with Crippen LogP contribution in [0.15, 0.2) is 28.8 Å². The number of ketones is 1. The van der Waals surface area contributed by atoms with E-state index in [2.05, 4.69) is 10.1 Å². The summed E-state index contributed by atoms with van der Waals surface area (Å²) in [5, 5.41) is 3.65. The van der Waals surface area contributed by atoms with Crippen molar-refractivity contribution in [3.05, 3.63) is 47.4 Å². The second-order valence-electron chi connectivity index (χ2n) is 3.38. The molecule has 0 bridgehead atoms. The van der Waals surface area contributed by atoms with E-state index < -0.39 is 0 Å². The number of carbonyl (C=O) groups is 1. The van der Waals surface area contributed by atoms with Gasteiger partial charge in [-0.3, -0.25) is 4.79 Å². The van der Waals surface area contributed by atoms with E-state index in [4.69, 9.17) is 4.52 Å². The van der Waals surface area contributed by atoms with E-state index in [9.17, 15) is 9.18 Å². The number of rotatable bonds is 3. The van der Waals surface area contributed by atoms with E-state index in [1.165, 1.54) is 19.1 Å². The Bertz CT molecular complexity index is 505. The van der Waals surface area contributed by atoms with Gasteiger partial charge in [-0.1, -0.05) is 17.3 Å². The molecule has 0 N–H and O–H groups in total. The van der Waals surface area contributed by atoms with E-state index in [0.717, 1.165) is 5.56 Å². The Kier molecular flexibility index (Phi) is 2.76. The fourth-order valence-corrected chi connectivity index (χ4v) is 1.25. The van der Waals surface area contributed by atoms with Crippen LogP contribution in [-0.2, 0) is 6.42 Å². The summed E-state index contributed by atoms with van der Waals surface area (Å²) in [4.78, 5) is 14.8. The quantitative estimate of drug-likeness (QED) is 0.742. The van der Waals surface area contributed by atoms with Crippen LogP contribution in [0.3, 0.4) is 0 Å². The molecule has 4 nitrogen and oxygen atoms in total. The van der Waals surface area contributed by atoms with E-state index in [-0.39, 0.29) is 17.5 Å². The van der Waals surface area contributed by atoms with Crippen LogP contribution in [0.1, 0.15) is 29.0 Å². The van der Waals surface area contributed by atoms with E-state index in [1.54, 1.807) is 12.1 Å². The van der Waals surface area contributed by atoms with Gasteiger partial charge < -0.3 is 4.52 Å². The molecule has 1 aromatic heterocycles. The third-order valence-corrected chi connectivity index (χ3v) is 2.04. The highest BCUT2D eigenvalue weighted by Gasteiger charge is 2.10. The molecule has 0 unspecified atom stereocenters. The molecular weight excluding hydrogens is 211 g/mol. The largest absolute Gasteiger partial charge is 0.331 e. The molecule has 1 aromatic carbocycles. The average Bonchev–Trinajstić information content (AvgIpc) is 2.70. The number of carbonyl (C=O) groups excluding carboxylic acids is 1. The topological polar surface area (TPSA) is 56.0 Å². The summed E-state index contributed by atoms with van der Waals surface area (Å²) in [5.74, 6) is -0.145. The van der Waals surface area contributed by atoms with Crippen LogP contribution >= 0.6 is 0 Å². The van der Waals surface area contributed by atoms with Crippen LogP contribution in [0, 0.1) is 5.82 Å². The molecule has 82 valence electrons. The highest BCUT2D eigenvalue weighted by Crippen LogP contribution is 2.08. The summed E-state index contributed by atoms with van der Waals surface area (Å²) in [7, 11) is 0. The first-order valence-electron chi connectivity index (χ1n) is 4.73. The van der Waals surface area contributed by atoms with Crippen LogP contribution in [0.2, 0.25) is 0 Å². The molecule has 0 aliphatic carbocycles. The highest BCUT2D eigenvalue weighted by molar-refractivity contribution is 5.89. The zero-order valence-corrected chi connectivity index (χ0v) is 8.61. The molecule has 0 saturated carbocycles. The molecular formula is C11H9FN2O2. The first kappa shape index (κ1) is 10.5. The minimum atomic E-state index is -0.290. The second-order valence-corrected chi connectivity index (χ2v) is 3.38. The number of benzene rings is 1. The Morgan fingerprint density at radius 2 is 2.06 bits per heavy atom. The predicted octanol–water partition coefficient (Wildman–Crippen LogP) is 2.00. The van der Waals surface area contributed by atoms with Crippen molar-refractivity contribution in [2.75, 3.05) is 0 Å². The van der Waals surface area contributed by atoms with Crippen LogP contribution in [0.5, 0.6) is 0 Å². The zero-order chi connectivity index (χ0) is 11.5. The molecule has 0 amide bonds. The van der Waals surface area contributed by atoms with Crippen molar-refractivity contribution in [3.8, 4) is 0 Å². The van der Waals surface area contributed by atoms with Crippen molar-refractivity contribution >= 4 is 5.78 Å². The van der Waals surface area contributed by atoms with Crippen molar-refractivity contribution in [3.63, 3.8) is 0 Å². The summed E-state index contributed by atoms with van der Waals surface area (Å²) in [5.41, 5.74) is 0.859. The molecule has 0 atom stereocenters. The number of hydrogen-bond donors (Lipinski definition) is 0. The lowest BCUT2D eigenvalue weighted by atomic mass is 10.1. The van der Waals surface area contributed by atoms with Crippen LogP contribution < -0.4 is 0 Å². The predicted molar refractivity (Wildman–Crippen MR) is 53.5 cm³/mol. The number of Topliss-reactive ketones (excluding diaryl/α,β-unsaturated/α-hetero) is 1. The van der Waals surface area contributed by atoms with Crippen molar-refractivity contribution < 1.29 is 13.7 Å². The van der Waals surface area contributed by atoms with Gasteiger partial charge in [0.15, 0.2) is 5.82 Å². The molecule has 0 radical (unpaired) electrons. The van der Waals surface area contributed by atoms with Gasteiger partial charge in [-0.05, 0) is 17.7 Å². The SMILES string of the molecule is CC(=O)c1nc(Cc2ccc(F)cc2)no1. The molecule has 0 aliphatic rings. The Balaban J connectivity index is 2.14. The molecule has 2 rings (SSSR count). The summed E-state index contributed by atoms with van der Waals surface area (Å²) in [6.45, 7) is 1.36. The molecule has 0 fully saturated rings. The highest BCUT2D eigenvalue weighted by atomic mass is 19.1. The van der Waals surface area contributed by atoms with Crippen molar-refractivity contribution in [2.45, 2.75) is 13.3 Å². The maximum atomic E-state index is 12.6. The minimum Gasteiger partial charge on any atom is -0.331 e. The van der Waals surface area contributed by atoms with Gasteiger partial charge in [-0.2, -0.15) is 4.98 Å². The van der Waals surface area contributed by atoms with Crippen molar-refractivity contribution in [1.82, 2.24) is 10.1 Å². The average molecular weight is 220 g/mol. The maximum absolute atomic E-state index is 12.6. The molecule has 5 heteroatoms. The summed E-state index contributed by atoms with van der Waals surface area (Å²) in [6.07, 6.45) is 0.414. The third kappa shape index (κ3) is 2.31. The summed E-state index contributed by atoms with van der Waals surface area (Å²) >= 11 is 0. The number of hydrogen-bond acceptors (Lipinski definition) is 4. The van der Waals surface area contributed by atoms with Gasteiger partial charge in [0.2, 0.25) is 5.78 Å². The number of nitrogens with zero attached hydrogens (tertiary/aromatic N) is 2. The maximum Gasteiger partial charge on any atom is 0.293 e. The Hall–Kier alpha value is -2.04. The first-order valence-corrected chi connectivity index (χ1v) is 4.73. The summed E-state index contributed by atoms with van der Waals surface area (Å²) < 4.78 is 17.4. The Morgan fingerprint density at radius 3 is 2.62 bits per heavy atom. The Morgan fingerprint density at radius 1 is 1.38 bits per heavy atom. The first-order chi connectivity index (χ1) is 7.65. The van der Waals surface area contributed by atoms with E-state index in [0.29, 0.717) is 12.2 Å². The smallest absolute Gasteiger partial charge is 0.293 e. The molecule has 0 saturated heterocycles. The van der Waals surface area contributed by atoms with Gasteiger partial charge in [-0.25, -0.2) is 4.39 Å². The van der Waals surface area contributed by atoms with Gasteiger partial charge >= 0.3 is 0 Å². The van der Waals surface area contributed by atoms with Crippen molar-refractivity contribution in [1.29, 1.82) is 0 Å². The van der Waals surface area contributed by atoms with Crippen molar-refractivity contribution in [2.24, 2.45) is 0 Å². The molecule has 0 spiro atoms. The molecule has 2 aromatic rings. The fourth-order valence-electron chi connectivity index (χ4n) is 1.25. The minimum absolute atomic E-state index is 0.00267. The normalized spacial score (nSPS) is 10.4. The third-order valence-electron chi connectivity index (χ3n) is 2.04. The van der Waals surface area contributed by atoms with Gasteiger partial charge in [-0.15, -0.1) is 0 Å². The monoisotopic (exact) mass is 220 g/mol. The lowest BCUT2D eigenvalue weighted by Crippen LogP contribution is -1.94. The van der Waals surface area contributed by atoms with E-state index >= 15 is 0 Å². The number of halogens is 1. The van der Waals surface area contributed by atoms with Gasteiger partial charge in [0, 0.05) is 13.3 Å². The second kappa shape index (κ2) is 4.22. The lowest BCUT2D eigenvalue weighted by molar-refractivity contribution is 0.0972. The lowest BCUT2D eigenvalue weighted by Gasteiger charge is -1.95. The van der Waals surface area contributed by atoms with Gasteiger partial charge in [0.25, 0.3) is 5.89 Å². The molecule has 0 aliphatic heterocycles. The summed E-state index contributed by atoms with van der Waals surface area (Å²) in [6, 6.07) is 6.00. The molecule has 1 heterocycles. The van der Waals surface area contributed by atoms with Crippen LogP contribution in [0.25, 0.3) is 0 Å². The van der Waals surface area contributed by atoms with Gasteiger partial charge in [0.05, 0.1) is 0 Å². The van der Waals surface area contributed by atoms with E-state index in [1.807, 2.05) is 0 Å². The van der Waals surface area contributed by atoms with Crippen LogP contribution in [-0.4, -0.2) is 15.9 Å². The zero-order valence-electron chi connectivity index (χ0n) is 8.61. The number of aromatic nitrogens is 2.